The molecule has 0 aliphatic rings. The topological polar surface area (TPSA) is 99.8 Å². The van der Waals surface area contributed by atoms with Crippen LogP contribution in [0.2, 0.25) is 5.02 Å². The van der Waals surface area contributed by atoms with Gasteiger partial charge in [-0.3, -0.25) is 9.59 Å². The van der Waals surface area contributed by atoms with Crippen LogP contribution in [-0.2, 0) is 0 Å². The molecule has 0 saturated heterocycles. The summed E-state index contributed by atoms with van der Waals surface area (Å²) in [5, 5.41) is 7.06. The van der Waals surface area contributed by atoms with Crippen LogP contribution in [0.5, 0.6) is 0 Å². The second-order valence-electron chi connectivity index (χ2n) is 7.11. The number of aryl methyl sites for hydroxylation is 1. The Morgan fingerprint density at radius 2 is 1.84 bits per heavy atom. The first-order valence-electron chi connectivity index (χ1n) is 9.70. The summed E-state index contributed by atoms with van der Waals surface area (Å²) in [4.78, 5) is 36.8. The number of aromatic nitrogens is 3. The molecule has 2 amide bonds. The summed E-state index contributed by atoms with van der Waals surface area (Å²) in [5.41, 5.74) is 3.37. The van der Waals surface area contributed by atoms with E-state index in [9.17, 15) is 9.59 Å². The van der Waals surface area contributed by atoms with Crippen LogP contribution in [0, 0.1) is 6.92 Å². The van der Waals surface area contributed by atoms with Crippen LogP contribution in [0.4, 0.5) is 0 Å². The molecule has 156 valence electrons. The van der Waals surface area contributed by atoms with Gasteiger partial charge in [0.2, 0.25) is 0 Å². The van der Waals surface area contributed by atoms with E-state index in [0.717, 1.165) is 16.5 Å². The van der Waals surface area contributed by atoms with E-state index < -0.39 is 6.04 Å². The van der Waals surface area contributed by atoms with Crippen LogP contribution in [0.1, 0.15) is 38.0 Å². The zero-order valence-corrected chi connectivity index (χ0v) is 17.5. The Morgan fingerprint density at radius 3 is 2.58 bits per heavy atom. The molecule has 31 heavy (non-hydrogen) atoms. The Balaban J connectivity index is 1.53. The number of hydrogen-bond acceptors (Lipinski definition) is 4. The fourth-order valence-electron chi connectivity index (χ4n) is 3.24. The highest BCUT2D eigenvalue weighted by Gasteiger charge is 2.19. The monoisotopic (exact) mass is 433 g/mol. The normalized spacial score (nSPS) is 11.8. The zero-order valence-electron chi connectivity index (χ0n) is 16.7. The number of halogens is 1. The van der Waals surface area contributed by atoms with Crippen molar-refractivity contribution in [2.45, 2.75) is 13.0 Å². The number of carbonyl (C=O) groups is 2. The lowest BCUT2D eigenvalue weighted by Crippen LogP contribution is -2.38. The Hall–Kier alpha value is -3.71. The first-order valence-corrected chi connectivity index (χ1v) is 10.1. The molecule has 3 aromatic heterocycles. The molecule has 0 aliphatic carbocycles. The van der Waals surface area contributed by atoms with Gasteiger partial charge >= 0.3 is 0 Å². The molecule has 0 radical (unpaired) electrons. The fourth-order valence-corrected chi connectivity index (χ4v) is 3.35. The average molecular weight is 434 g/mol. The SMILES string of the molecule is Cc1ccc(C(CNC(=O)c2ccnc3[nH]ccc23)NC(=O)c2ccc(Cl)cn2)cc1. The third kappa shape index (κ3) is 4.73. The number of amides is 2. The van der Waals surface area contributed by atoms with Crippen molar-refractivity contribution in [3.05, 3.63) is 94.5 Å². The van der Waals surface area contributed by atoms with Crippen LogP contribution in [0.15, 0.2) is 67.1 Å². The first-order chi connectivity index (χ1) is 15.0. The maximum Gasteiger partial charge on any atom is 0.270 e. The van der Waals surface area contributed by atoms with Crippen LogP contribution in [0.25, 0.3) is 11.0 Å². The van der Waals surface area contributed by atoms with Gasteiger partial charge in [-0.15, -0.1) is 0 Å². The molecule has 3 heterocycles. The maximum atomic E-state index is 12.8. The van der Waals surface area contributed by atoms with Crippen LogP contribution < -0.4 is 10.6 Å². The van der Waals surface area contributed by atoms with Crippen molar-refractivity contribution < 1.29 is 9.59 Å². The minimum absolute atomic E-state index is 0.204. The lowest BCUT2D eigenvalue weighted by Gasteiger charge is -2.20. The van der Waals surface area contributed by atoms with E-state index in [4.69, 9.17) is 11.6 Å². The van der Waals surface area contributed by atoms with Crippen molar-refractivity contribution in [3.8, 4) is 0 Å². The molecule has 3 N–H and O–H groups in total. The fraction of sp³-hybridized carbons (Fsp3) is 0.130. The second-order valence-corrected chi connectivity index (χ2v) is 7.54. The highest BCUT2D eigenvalue weighted by atomic mass is 35.5. The van der Waals surface area contributed by atoms with Crippen LogP contribution in [-0.4, -0.2) is 33.3 Å². The predicted octanol–water partition coefficient (Wildman–Crippen LogP) is 3.82. The van der Waals surface area contributed by atoms with Gasteiger partial charge in [-0.25, -0.2) is 9.97 Å². The summed E-state index contributed by atoms with van der Waals surface area (Å²) in [6.45, 7) is 2.19. The number of hydrogen-bond donors (Lipinski definition) is 3. The van der Waals surface area contributed by atoms with Gasteiger partial charge in [0, 0.05) is 30.5 Å². The molecule has 1 atom stereocenters. The molecule has 1 aromatic carbocycles. The standard InChI is InChI=1S/C23H20ClN5O2/c1-14-2-4-15(5-3-14)20(29-23(31)19-7-6-16(24)12-27-19)13-28-22(30)18-9-11-26-21-17(18)8-10-25-21/h2-12,20H,13H2,1H3,(H,25,26)(H,28,30)(H,29,31). The summed E-state index contributed by atoms with van der Waals surface area (Å²) >= 11 is 5.86. The smallest absolute Gasteiger partial charge is 0.270 e. The van der Waals surface area contributed by atoms with Crippen LogP contribution in [0.3, 0.4) is 0 Å². The Morgan fingerprint density at radius 1 is 1.03 bits per heavy atom. The summed E-state index contributed by atoms with van der Waals surface area (Å²) in [7, 11) is 0. The van der Waals surface area contributed by atoms with Gasteiger partial charge in [0.15, 0.2) is 0 Å². The van der Waals surface area contributed by atoms with E-state index >= 15 is 0 Å². The lowest BCUT2D eigenvalue weighted by atomic mass is 10.0. The van der Waals surface area contributed by atoms with Gasteiger partial charge < -0.3 is 15.6 Å². The number of nitrogens with one attached hydrogen (secondary N) is 3. The van der Waals surface area contributed by atoms with Crippen molar-refractivity contribution in [1.29, 1.82) is 0 Å². The molecule has 0 bridgehead atoms. The Labute approximate surface area is 183 Å². The number of pyridine rings is 2. The number of fused-ring (bicyclic) bond motifs is 1. The van der Waals surface area contributed by atoms with Gasteiger partial charge in [0.25, 0.3) is 11.8 Å². The van der Waals surface area contributed by atoms with Crippen molar-refractivity contribution >= 4 is 34.4 Å². The lowest BCUT2D eigenvalue weighted by molar-refractivity contribution is 0.0906. The maximum absolute atomic E-state index is 12.8. The highest BCUT2D eigenvalue weighted by molar-refractivity contribution is 6.30. The van der Waals surface area contributed by atoms with Gasteiger partial charge in [-0.05, 0) is 36.8 Å². The van der Waals surface area contributed by atoms with E-state index in [1.807, 2.05) is 37.3 Å². The molecular weight excluding hydrogens is 414 g/mol. The third-order valence-corrected chi connectivity index (χ3v) is 5.14. The molecule has 1 unspecified atom stereocenters. The number of benzene rings is 1. The van der Waals surface area contributed by atoms with Crippen molar-refractivity contribution in [2.24, 2.45) is 0 Å². The quantitative estimate of drug-likeness (QED) is 0.430. The minimum Gasteiger partial charge on any atom is -0.350 e. The van der Waals surface area contributed by atoms with Crippen molar-refractivity contribution in [3.63, 3.8) is 0 Å². The van der Waals surface area contributed by atoms with Crippen molar-refractivity contribution in [2.75, 3.05) is 6.54 Å². The Kier molecular flexibility index (Phi) is 5.95. The molecule has 8 heteroatoms. The molecular formula is C23H20ClN5O2. The molecule has 4 aromatic rings. The van der Waals surface area contributed by atoms with Gasteiger partial charge in [0.1, 0.15) is 11.3 Å². The second kappa shape index (κ2) is 8.97. The highest BCUT2D eigenvalue weighted by Crippen LogP contribution is 2.17. The summed E-state index contributed by atoms with van der Waals surface area (Å²) in [6.07, 6.45) is 4.74. The summed E-state index contributed by atoms with van der Waals surface area (Å²) in [6, 6.07) is 14.0. The molecule has 4 rings (SSSR count). The number of carbonyl (C=O) groups excluding carboxylic acids is 2. The minimum atomic E-state index is -0.446. The summed E-state index contributed by atoms with van der Waals surface area (Å²) in [5.74, 6) is -0.601. The summed E-state index contributed by atoms with van der Waals surface area (Å²) < 4.78 is 0. The molecule has 0 saturated carbocycles. The number of rotatable bonds is 6. The largest absolute Gasteiger partial charge is 0.350 e. The van der Waals surface area contributed by atoms with E-state index in [2.05, 4.69) is 25.6 Å². The van der Waals surface area contributed by atoms with E-state index in [-0.39, 0.29) is 24.1 Å². The average Bonchev–Trinajstić information content (AvgIpc) is 3.26. The number of nitrogens with zero attached hydrogens (tertiary/aromatic N) is 2. The Bertz CT molecular complexity index is 1220. The molecule has 0 spiro atoms. The molecule has 0 aliphatic heterocycles. The number of aromatic amines is 1. The first kappa shape index (κ1) is 20.6. The molecule has 0 fully saturated rings. The van der Waals surface area contributed by atoms with Crippen LogP contribution >= 0.6 is 11.6 Å². The van der Waals surface area contributed by atoms with Crippen molar-refractivity contribution in [1.82, 2.24) is 25.6 Å². The van der Waals surface area contributed by atoms with Gasteiger partial charge in [-0.1, -0.05) is 41.4 Å². The molecule has 7 nitrogen and oxygen atoms in total. The van der Waals surface area contributed by atoms with Gasteiger partial charge in [-0.2, -0.15) is 0 Å². The number of H-pyrrole nitrogens is 1. The van der Waals surface area contributed by atoms with E-state index in [0.29, 0.717) is 16.2 Å². The third-order valence-electron chi connectivity index (χ3n) is 4.92. The predicted molar refractivity (Wildman–Crippen MR) is 119 cm³/mol. The van der Waals surface area contributed by atoms with E-state index in [1.165, 1.54) is 6.20 Å². The van der Waals surface area contributed by atoms with Gasteiger partial charge in [0.05, 0.1) is 16.6 Å². The zero-order chi connectivity index (χ0) is 21.8. The van der Waals surface area contributed by atoms with E-state index in [1.54, 1.807) is 30.6 Å².